The molecule has 1 saturated heterocycles. The van der Waals surface area contributed by atoms with Crippen molar-refractivity contribution in [2.24, 2.45) is 0 Å². The number of methoxy groups -OCH3 is 1. The van der Waals surface area contributed by atoms with E-state index in [1.54, 1.807) is 11.6 Å². The van der Waals surface area contributed by atoms with E-state index in [-0.39, 0.29) is 12.6 Å². The quantitative estimate of drug-likeness (QED) is 0.536. The molecule has 1 aliphatic rings. The van der Waals surface area contributed by atoms with Crippen molar-refractivity contribution in [3.8, 4) is 0 Å². The Labute approximate surface area is 96.8 Å². The van der Waals surface area contributed by atoms with E-state index < -0.39 is 12.6 Å². The van der Waals surface area contributed by atoms with E-state index in [2.05, 4.69) is 0 Å². The monoisotopic (exact) mass is 229 g/mol. The molecule has 92 valence electrons. The number of ether oxygens (including phenoxy) is 2. The summed E-state index contributed by atoms with van der Waals surface area (Å²) in [6.07, 6.45) is 1.54. The summed E-state index contributed by atoms with van der Waals surface area (Å²) in [5.74, 6) is -0.320. The second kappa shape index (κ2) is 5.66. The standard InChI is InChI=1S/C10H20BNO4/c1-4-16-8-10(9(13)15-3)6-5-7-12(10)11(2)14/h14H,4-8H2,1-3H3. The molecule has 0 spiro atoms. The van der Waals surface area contributed by atoms with Crippen LogP contribution in [0, 0.1) is 0 Å². The largest absolute Gasteiger partial charge is 0.468 e. The van der Waals surface area contributed by atoms with Gasteiger partial charge in [-0.25, -0.2) is 4.79 Å². The first kappa shape index (κ1) is 13.5. The summed E-state index contributed by atoms with van der Waals surface area (Å²) in [6, 6.07) is 0. The minimum Gasteiger partial charge on any atom is -0.468 e. The van der Waals surface area contributed by atoms with Crippen LogP contribution in [0.5, 0.6) is 0 Å². The molecule has 1 rings (SSSR count). The molecule has 0 radical (unpaired) electrons. The van der Waals surface area contributed by atoms with Crippen LogP contribution in [0.3, 0.4) is 0 Å². The highest BCUT2D eigenvalue weighted by Crippen LogP contribution is 2.31. The van der Waals surface area contributed by atoms with Gasteiger partial charge in [-0.05, 0) is 33.1 Å². The third-order valence-corrected chi connectivity index (χ3v) is 3.10. The van der Waals surface area contributed by atoms with E-state index in [1.165, 1.54) is 7.11 Å². The minimum absolute atomic E-state index is 0.279. The van der Waals surface area contributed by atoms with Gasteiger partial charge in [-0.1, -0.05) is 0 Å². The molecule has 0 bridgehead atoms. The molecule has 16 heavy (non-hydrogen) atoms. The molecule has 1 heterocycles. The smallest absolute Gasteiger partial charge is 0.377 e. The lowest BCUT2D eigenvalue weighted by atomic mass is 9.79. The van der Waals surface area contributed by atoms with Crippen LogP contribution in [0.15, 0.2) is 0 Å². The molecule has 1 aliphatic heterocycles. The van der Waals surface area contributed by atoms with Crippen molar-refractivity contribution in [3.63, 3.8) is 0 Å². The highest BCUT2D eigenvalue weighted by Gasteiger charge is 2.51. The van der Waals surface area contributed by atoms with Crippen molar-refractivity contribution in [2.75, 3.05) is 26.9 Å². The van der Waals surface area contributed by atoms with Crippen molar-refractivity contribution < 1.29 is 19.3 Å². The predicted molar refractivity (Wildman–Crippen MR) is 61.0 cm³/mol. The van der Waals surface area contributed by atoms with Crippen LogP contribution in [0.1, 0.15) is 19.8 Å². The van der Waals surface area contributed by atoms with Crippen molar-refractivity contribution >= 4 is 13.0 Å². The van der Waals surface area contributed by atoms with E-state index in [1.807, 2.05) is 6.92 Å². The van der Waals surface area contributed by atoms with Crippen molar-refractivity contribution in [3.05, 3.63) is 0 Å². The van der Waals surface area contributed by atoms with Crippen molar-refractivity contribution in [2.45, 2.75) is 32.1 Å². The number of rotatable bonds is 5. The molecule has 1 atom stereocenters. The van der Waals surface area contributed by atoms with E-state index in [4.69, 9.17) is 9.47 Å². The molecule has 0 aliphatic carbocycles. The topological polar surface area (TPSA) is 59.0 Å². The summed E-state index contributed by atoms with van der Waals surface area (Å²) in [7, 11) is 0.705. The second-order valence-corrected chi connectivity index (χ2v) is 4.09. The summed E-state index contributed by atoms with van der Waals surface area (Å²) in [5.41, 5.74) is -0.807. The zero-order valence-electron chi connectivity index (χ0n) is 10.2. The lowest BCUT2D eigenvalue weighted by Gasteiger charge is -2.36. The second-order valence-electron chi connectivity index (χ2n) is 4.09. The van der Waals surface area contributed by atoms with Gasteiger partial charge in [0.15, 0.2) is 0 Å². The number of carbonyl (C=O) groups excluding carboxylic acids is 1. The molecule has 1 fully saturated rings. The number of hydrogen-bond donors (Lipinski definition) is 1. The normalized spacial score (nSPS) is 25.8. The van der Waals surface area contributed by atoms with Gasteiger partial charge in [-0.2, -0.15) is 0 Å². The van der Waals surface area contributed by atoms with Gasteiger partial charge in [-0.3, -0.25) is 0 Å². The molecule has 5 nitrogen and oxygen atoms in total. The number of nitrogens with zero attached hydrogens (tertiary/aromatic N) is 1. The van der Waals surface area contributed by atoms with Crippen LogP contribution in [0.25, 0.3) is 0 Å². The van der Waals surface area contributed by atoms with Crippen molar-refractivity contribution in [1.29, 1.82) is 0 Å². The molecular weight excluding hydrogens is 209 g/mol. The van der Waals surface area contributed by atoms with Crippen molar-refractivity contribution in [1.82, 2.24) is 4.81 Å². The zero-order valence-corrected chi connectivity index (χ0v) is 10.2. The molecule has 0 aromatic rings. The van der Waals surface area contributed by atoms with Gasteiger partial charge >= 0.3 is 13.0 Å². The number of carbonyl (C=O) groups is 1. The number of hydrogen-bond acceptors (Lipinski definition) is 5. The zero-order chi connectivity index (χ0) is 12.2. The van der Waals surface area contributed by atoms with Gasteiger partial charge in [0.1, 0.15) is 5.54 Å². The fraction of sp³-hybridized carbons (Fsp3) is 0.900. The Morgan fingerprint density at radius 3 is 2.81 bits per heavy atom. The fourth-order valence-electron chi connectivity index (χ4n) is 2.34. The first-order valence-electron chi connectivity index (χ1n) is 5.69. The van der Waals surface area contributed by atoms with E-state index in [0.717, 1.165) is 6.42 Å². The summed E-state index contributed by atoms with van der Waals surface area (Å²) < 4.78 is 10.2. The Hall–Kier alpha value is -0.585. The minimum atomic E-state index is -0.807. The van der Waals surface area contributed by atoms with Crippen LogP contribution in [0.2, 0.25) is 6.82 Å². The molecular formula is C10H20BNO4. The first-order valence-corrected chi connectivity index (χ1v) is 5.69. The highest BCUT2D eigenvalue weighted by atomic mass is 16.5. The Bertz CT molecular complexity index is 249. The first-order chi connectivity index (χ1) is 7.58. The van der Waals surface area contributed by atoms with Crippen LogP contribution >= 0.6 is 0 Å². The highest BCUT2D eigenvalue weighted by molar-refractivity contribution is 6.46. The Balaban J connectivity index is 2.88. The van der Waals surface area contributed by atoms with Gasteiger partial charge in [0.2, 0.25) is 0 Å². The molecule has 1 unspecified atom stereocenters. The predicted octanol–water partition coefficient (Wildman–Crippen LogP) is 0.141. The Morgan fingerprint density at radius 1 is 1.62 bits per heavy atom. The Kier molecular flexibility index (Phi) is 4.77. The SMILES string of the molecule is CCOCC1(C(=O)OC)CCCN1B(C)O. The molecule has 0 amide bonds. The van der Waals surface area contributed by atoms with Crippen LogP contribution in [-0.4, -0.2) is 55.3 Å². The summed E-state index contributed by atoms with van der Waals surface area (Å²) in [6.45, 7) is 5.06. The van der Waals surface area contributed by atoms with E-state index >= 15 is 0 Å². The van der Waals surface area contributed by atoms with Crippen LogP contribution in [0.4, 0.5) is 0 Å². The summed E-state index contributed by atoms with van der Waals surface area (Å²) in [5, 5.41) is 9.69. The average molecular weight is 229 g/mol. The lowest BCUT2D eigenvalue weighted by molar-refractivity contribution is -0.155. The average Bonchev–Trinajstić information content (AvgIpc) is 2.70. The molecule has 0 saturated carbocycles. The van der Waals surface area contributed by atoms with Gasteiger partial charge in [0.05, 0.1) is 13.7 Å². The van der Waals surface area contributed by atoms with Crippen LogP contribution < -0.4 is 0 Å². The molecule has 0 aromatic heterocycles. The fourth-order valence-corrected chi connectivity index (χ4v) is 2.34. The lowest BCUT2D eigenvalue weighted by Crippen LogP contribution is -2.59. The van der Waals surface area contributed by atoms with Gasteiger partial charge < -0.3 is 19.3 Å². The summed E-state index contributed by atoms with van der Waals surface area (Å²) in [4.78, 5) is 13.7. The third-order valence-electron chi connectivity index (χ3n) is 3.10. The molecule has 1 N–H and O–H groups in total. The molecule has 0 aromatic carbocycles. The maximum atomic E-state index is 11.9. The number of esters is 1. The molecule has 6 heteroatoms. The van der Waals surface area contributed by atoms with E-state index in [0.29, 0.717) is 19.6 Å². The van der Waals surface area contributed by atoms with Crippen LogP contribution in [-0.2, 0) is 14.3 Å². The third kappa shape index (κ3) is 2.39. The van der Waals surface area contributed by atoms with Gasteiger partial charge in [0.25, 0.3) is 0 Å². The maximum Gasteiger partial charge on any atom is 0.377 e. The summed E-state index contributed by atoms with van der Waals surface area (Å²) >= 11 is 0. The Morgan fingerprint density at radius 2 is 2.31 bits per heavy atom. The maximum absolute atomic E-state index is 11.9. The van der Waals surface area contributed by atoms with Gasteiger partial charge in [0, 0.05) is 6.61 Å². The van der Waals surface area contributed by atoms with Gasteiger partial charge in [-0.15, -0.1) is 0 Å². The van der Waals surface area contributed by atoms with E-state index in [9.17, 15) is 9.82 Å².